The van der Waals surface area contributed by atoms with Crippen LogP contribution in [0, 0.1) is 17.1 Å². The maximum Gasteiger partial charge on any atom is 0.333 e. The average Bonchev–Trinajstić information content (AvgIpc) is 2.85. The van der Waals surface area contributed by atoms with Crippen LogP contribution in [0.2, 0.25) is 0 Å². The van der Waals surface area contributed by atoms with Crippen LogP contribution < -0.4 is 25.8 Å². The Bertz CT molecular complexity index is 1000. The summed E-state index contributed by atoms with van der Waals surface area (Å²) in [4.78, 5) is 12.9. The third-order valence-electron chi connectivity index (χ3n) is 5.93. The maximum atomic E-state index is 15.7. The molecule has 1 saturated heterocycles. The number of anilines is 1. The lowest BCUT2D eigenvalue weighted by Crippen LogP contribution is -2.28. The lowest BCUT2D eigenvalue weighted by molar-refractivity contribution is -0.144. The summed E-state index contributed by atoms with van der Waals surface area (Å²) in [5.74, 6) is -0.339. The van der Waals surface area contributed by atoms with Gasteiger partial charge < -0.3 is 30.6 Å². The number of amidine groups is 1. The summed E-state index contributed by atoms with van der Waals surface area (Å²) in [5.41, 5.74) is 6.68. The van der Waals surface area contributed by atoms with Gasteiger partial charge in [0, 0.05) is 22.9 Å². The first-order chi connectivity index (χ1) is 16.9. The summed E-state index contributed by atoms with van der Waals surface area (Å²) in [6.07, 6.45) is 2.98. The number of hydrogen-bond donors (Lipinski definition) is 4. The molecule has 198 valence electrons. The van der Waals surface area contributed by atoms with Gasteiger partial charge in [0.05, 0.1) is 19.8 Å². The average molecular weight is 523 g/mol. The Balaban J connectivity index is 0.00000456. The molecule has 0 aliphatic carbocycles. The zero-order valence-electron chi connectivity index (χ0n) is 20.8. The molecule has 1 atom stereocenters. The molecule has 1 fully saturated rings. The fraction of sp³-hybridized carbons (Fsp3) is 0.462. The van der Waals surface area contributed by atoms with E-state index in [1.165, 1.54) is 12.1 Å². The van der Waals surface area contributed by atoms with Crippen molar-refractivity contribution in [1.82, 2.24) is 5.32 Å². The van der Waals surface area contributed by atoms with Crippen LogP contribution in [0.25, 0.3) is 0 Å². The molecule has 1 aliphatic heterocycles. The van der Waals surface area contributed by atoms with Crippen LogP contribution in [0.5, 0.6) is 11.5 Å². The van der Waals surface area contributed by atoms with Gasteiger partial charge in [0.2, 0.25) is 0 Å². The number of nitrogens with two attached hydrogens (primary N) is 1. The molecule has 2 aromatic carbocycles. The Morgan fingerprint density at radius 1 is 1.17 bits per heavy atom. The van der Waals surface area contributed by atoms with Gasteiger partial charge in [-0.1, -0.05) is 0 Å². The first kappa shape index (κ1) is 29.2. The lowest BCUT2D eigenvalue weighted by Gasteiger charge is -2.23. The fourth-order valence-corrected chi connectivity index (χ4v) is 4.07. The monoisotopic (exact) mass is 522 g/mol. The quantitative estimate of drug-likeness (QED) is 0.185. The van der Waals surface area contributed by atoms with Gasteiger partial charge >= 0.3 is 5.97 Å². The molecular weight excluding hydrogens is 487 g/mol. The van der Waals surface area contributed by atoms with Crippen molar-refractivity contribution in [3.63, 3.8) is 0 Å². The van der Waals surface area contributed by atoms with Crippen molar-refractivity contribution in [2.75, 3.05) is 38.2 Å². The molecule has 3 rings (SSSR count). The van der Waals surface area contributed by atoms with Gasteiger partial charge in [0.1, 0.15) is 11.6 Å². The first-order valence-corrected chi connectivity index (χ1v) is 12.1. The maximum absolute atomic E-state index is 15.7. The second kappa shape index (κ2) is 14.5. The molecule has 0 spiro atoms. The topological polar surface area (TPSA) is 119 Å². The number of piperidine rings is 1. The number of halogens is 2. The van der Waals surface area contributed by atoms with E-state index in [2.05, 4.69) is 10.6 Å². The summed E-state index contributed by atoms with van der Waals surface area (Å²) in [7, 11) is 0. The Hall–Kier alpha value is -3.04. The van der Waals surface area contributed by atoms with Gasteiger partial charge in [-0.05, 0) is 82.4 Å². The minimum Gasteiger partial charge on any atom is -0.494 e. The molecule has 5 N–H and O–H groups in total. The van der Waals surface area contributed by atoms with Gasteiger partial charge in [-0.25, -0.2) is 9.18 Å². The summed E-state index contributed by atoms with van der Waals surface area (Å²) in [5, 5.41) is 13.9. The molecule has 36 heavy (non-hydrogen) atoms. The van der Waals surface area contributed by atoms with E-state index in [1.807, 2.05) is 6.92 Å². The molecule has 1 aliphatic rings. The molecule has 0 radical (unpaired) electrons. The van der Waals surface area contributed by atoms with E-state index in [9.17, 15) is 4.79 Å². The van der Waals surface area contributed by atoms with Crippen LogP contribution in [0.3, 0.4) is 0 Å². The molecule has 0 amide bonds. The van der Waals surface area contributed by atoms with Gasteiger partial charge in [0.25, 0.3) is 0 Å². The van der Waals surface area contributed by atoms with Crippen LogP contribution in [0.4, 0.5) is 10.1 Å². The summed E-state index contributed by atoms with van der Waals surface area (Å²) in [6.45, 7) is 6.40. The van der Waals surface area contributed by atoms with Gasteiger partial charge in [-0.3, -0.25) is 5.41 Å². The number of carbonyl (C=O) groups is 1. The van der Waals surface area contributed by atoms with E-state index in [1.54, 1.807) is 31.2 Å². The van der Waals surface area contributed by atoms with Crippen molar-refractivity contribution in [3.8, 4) is 11.5 Å². The van der Waals surface area contributed by atoms with Crippen molar-refractivity contribution in [1.29, 1.82) is 5.41 Å². The summed E-state index contributed by atoms with van der Waals surface area (Å²) in [6, 6.07) is 8.52. The molecule has 0 saturated carbocycles. The van der Waals surface area contributed by atoms with Gasteiger partial charge in [-0.15, -0.1) is 12.4 Å². The van der Waals surface area contributed by atoms with E-state index < -0.39 is 17.8 Å². The number of ether oxygens (including phenoxy) is 3. The Labute approximate surface area is 218 Å². The molecule has 1 heterocycles. The number of carbonyl (C=O) groups excluding carboxylic acids is 1. The highest BCUT2D eigenvalue weighted by molar-refractivity contribution is 5.95. The molecule has 1 unspecified atom stereocenters. The highest BCUT2D eigenvalue weighted by Crippen LogP contribution is 2.34. The minimum atomic E-state index is -1.13. The van der Waals surface area contributed by atoms with Crippen LogP contribution in [0.1, 0.15) is 50.3 Å². The van der Waals surface area contributed by atoms with Crippen LogP contribution in [-0.4, -0.2) is 44.7 Å². The van der Waals surface area contributed by atoms with E-state index >= 15 is 4.39 Å². The third-order valence-corrected chi connectivity index (χ3v) is 5.93. The number of nitrogen functional groups attached to an aromatic ring is 1. The molecule has 10 heteroatoms. The van der Waals surface area contributed by atoms with Crippen molar-refractivity contribution in [2.24, 2.45) is 11.7 Å². The molecule has 2 aromatic rings. The SMILES string of the molecule is CCOC(=O)C(Nc1ccc(C(=N)N)cc1)c1cc(OCC)cc(OCCC2CCNCC2)c1F.Cl. The van der Waals surface area contributed by atoms with Crippen molar-refractivity contribution in [2.45, 2.75) is 39.2 Å². The molecule has 0 aromatic heterocycles. The standard InChI is InChI=1S/C26H35FN4O4.ClH/c1-3-33-20-15-21(23(27)22(16-20)35-14-11-17-9-12-30-13-10-17)24(26(32)34-4-2)31-19-7-5-18(6-8-19)25(28)29;/h5-8,15-17,24,30-31H,3-4,9-14H2,1-2H3,(H3,28,29);1H. The zero-order chi connectivity index (χ0) is 25.2. The number of benzene rings is 2. The fourth-order valence-electron chi connectivity index (χ4n) is 4.07. The third kappa shape index (κ3) is 7.99. The van der Waals surface area contributed by atoms with Crippen LogP contribution in [0.15, 0.2) is 36.4 Å². The highest BCUT2D eigenvalue weighted by Gasteiger charge is 2.28. The van der Waals surface area contributed by atoms with Crippen LogP contribution >= 0.6 is 12.4 Å². The Kier molecular flexibility index (Phi) is 11.8. The van der Waals surface area contributed by atoms with Crippen molar-refractivity contribution >= 4 is 29.9 Å². The Morgan fingerprint density at radius 2 is 1.86 bits per heavy atom. The predicted molar refractivity (Wildman–Crippen MR) is 141 cm³/mol. The van der Waals surface area contributed by atoms with E-state index in [4.69, 9.17) is 25.4 Å². The summed E-state index contributed by atoms with van der Waals surface area (Å²) < 4.78 is 32.4. The van der Waals surface area contributed by atoms with Crippen LogP contribution in [-0.2, 0) is 9.53 Å². The van der Waals surface area contributed by atoms with E-state index in [0.29, 0.717) is 36.1 Å². The Morgan fingerprint density at radius 3 is 2.47 bits per heavy atom. The number of esters is 1. The van der Waals surface area contributed by atoms with Crippen molar-refractivity contribution < 1.29 is 23.4 Å². The number of rotatable bonds is 12. The van der Waals surface area contributed by atoms with Crippen molar-refractivity contribution in [3.05, 3.63) is 53.3 Å². The molecule has 8 nitrogen and oxygen atoms in total. The molecule has 0 bridgehead atoms. The normalized spacial score (nSPS) is 14.3. The number of nitrogens with one attached hydrogen (secondary N) is 3. The predicted octanol–water partition coefficient (Wildman–Crippen LogP) is 4.42. The zero-order valence-corrected chi connectivity index (χ0v) is 21.6. The molecular formula is C26H36ClFN4O4. The second-order valence-electron chi connectivity index (χ2n) is 8.41. The lowest BCUT2D eigenvalue weighted by atomic mass is 9.95. The van der Waals surface area contributed by atoms with E-state index in [0.717, 1.165) is 32.4 Å². The van der Waals surface area contributed by atoms with Gasteiger partial charge in [0.15, 0.2) is 17.6 Å². The first-order valence-electron chi connectivity index (χ1n) is 12.1. The van der Waals surface area contributed by atoms with Gasteiger partial charge in [-0.2, -0.15) is 0 Å². The van der Waals surface area contributed by atoms with E-state index in [-0.39, 0.29) is 36.2 Å². The number of hydrogen-bond acceptors (Lipinski definition) is 7. The smallest absolute Gasteiger partial charge is 0.333 e. The minimum absolute atomic E-state index is 0. The second-order valence-corrected chi connectivity index (χ2v) is 8.41. The summed E-state index contributed by atoms with van der Waals surface area (Å²) >= 11 is 0. The highest BCUT2D eigenvalue weighted by atomic mass is 35.5. The largest absolute Gasteiger partial charge is 0.494 e.